The van der Waals surface area contributed by atoms with Gasteiger partial charge in [0.2, 0.25) is 0 Å². The minimum atomic E-state index is -0.668. The highest BCUT2D eigenvalue weighted by atomic mass is 16.5. The van der Waals surface area contributed by atoms with Gasteiger partial charge < -0.3 is 10.5 Å². The summed E-state index contributed by atoms with van der Waals surface area (Å²) in [5.41, 5.74) is 6.63. The molecule has 1 aromatic heterocycles. The molecule has 94 valence electrons. The highest BCUT2D eigenvalue weighted by Gasteiger charge is 2.21. The van der Waals surface area contributed by atoms with Crippen LogP contribution in [0.5, 0.6) is 0 Å². The van der Waals surface area contributed by atoms with Crippen molar-refractivity contribution in [2.45, 2.75) is 6.92 Å². The molecule has 18 heavy (non-hydrogen) atoms. The number of esters is 1. The van der Waals surface area contributed by atoms with E-state index in [0.29, 0.717) is 16.9 Å². The van der Waals surface area contributed by atoms with E-state index in [4.69, 9.17) is 10.5 Å². The molecular weight excluding hydrogens is 234 g/mol. The molecular formula is C12H13N3O3. The summed E-state index contributed by atoms with van der Waals surface area (Å²) in [7, 11) is 0. The lowest BCUT2D eigenvalue weighted by molar-refractivity contribution is 0.0526. The summed E-state index contributed by atoms with van der Waals surface area (Å²) >= 11 is 0. The highest BCUT2D eigenvalue weighted by molar-refractivity contribution is 5.97. The number of hydrogen-bond acceptors (Lipinski definition) is 4. The van der Waals surface area contributed by atoms with E-state index in [-0.39, 0.29) is 12.2 Å². The maximum absolute atomic E-state index is 11.7. The Bertz CT molecular complexity index is 627. The number of para-hydroxylation sites is 1. The molecule has 0 radical (unpaired) electrons. The van der Waals surface area contributed by atoms with E-state index in [1.165, 1.54) is 0 Å². The van der Waals surface area contributed by atoms with E-state index < -0.39 is 11.5 Å². The average molecular weight is 247 g/mol. The summed E-state index contributed by atoms with van der Waals surface area (Å²) < 4.78 is 4.85. The van der Waals surface area contributed by atoms with Crippen molar-refractivity contribution in [3.05, 3.63) is 40.2 Å². The quantitative estimate of drug-likeness (QED) is 0.559. The third kappa shape index (κ3) is 2.00. The Morgan fingerprint density at radius 1 is 1.33 bits per heavy atom. The first-order valence-electron chi connectivity index (χ1n) is 5.47. The maximum Gasteiger partial charge on any atom is 0.346 e. The van der Waals surface area contributed by atoms with Crippen molar-refractivity contribution >= 4 is 11.7 Å². The SMILES string of the molecule is CCOC(=O)c1c(-c2ccccc2N)[nH][nH]c1=O. The highest BCUT2D eigenvalue weighted by Crippen LogP contribution is 2.25. The van der Waals surface area contributed by atoms with E-state index in [1.54, 1.807) is 31.2 Å². The second-order valence-corrected chi connectivity index (χ2v) is 3.64. The van der Waals surface area contributed by atoms with Crippen LogP contribution in [0, 0.1) is 0 Å². The molecule has 6 heteroatoms. The lowest BCUT2D eigenvalue weighted by Crippen LogP contribution is -2.16. The summed E-state index contributed by atoms with van der Waals surface area (Å²) in [5.74, 6) is -0.668. The molecule has 2 rings (SSSR count). The fraction of sp³-hybridized carbons (Fsp3) is 0.167. The molecule has 1 heterocycles. The van der Waals surface area contributed by atoms with Gasteiger partial charge in [-0.05, 0) is 13.0 Å². The lowest BCUT2D eigenvalue weighted by atomic mass is 10.1. The number of carbonyl (C=O) groups is 1. The predicted molar refractivity (Wildman–Crippen MR) is 67.2 cm³/mol. The van der Waals surface area contributed by atoms with Crippen LogP contribution < -0.4 is 11.3 Å². The number of carbonyl (C=O) groups excluding carboxylic acids is 1. The van der Waals surface area contributed by atoms with Gasteiger partial charge in [0.05, 0.1) is 12.3 Å². The average Bonchev–Trinajstić information content (AvgIpc) is 2.72. The number of hydrogen-bond donors (Lipinski definition) is 3. The number of nitrogen functional groups attached to an aromatic ring is 1. The Hall–Kier alpha value is -2.50. The number of ether oxygens (including phenoxy) is 1. The fourth-order valence-corrected chi connectivity index (χ4v) is 1.68. The molecule has 0 atom stereocenters. The van der Waals surface area contributed by atoms with Gasteiger partial charge in [0.1, 0.15) is 0 Å². The summed E-state index contributed by atoms with van der Waals surface area (Å²) in [4.78, 5) is 23.3. The third-order valence-corrected chi connectivity index (χ3v) is 2.49. The number of benzene rings is 1. The Labute approximate surface area is 103 Å². The van der Waals surface area contributed by atoms with E-state index in [1.807, 2.05) is 0 Å². The Kier molecular flexibility index (Phi) is 3.18. The molecule has 0 bridgehead atoms. The van der Waals surface area contributed by atoms with Gasteiger partial charge >= 0.3 is 5.97 Å². The lowest BCUT2D eigenvalue weighted by Gasteiger charge is -2.05. The molecule has 0 unspecified atom stereocenters. The van der Waals surface area contributed by atoms with Gasteiger partial charge in [-0.15, -0.1) is 0 Å². The smallest absolute Gasteiger partial charge is 0.346 e. The standard InChI is InChI=1S/C12H13N3O3/c1-2-18-12(17)9-10(14-15-11(9)16)7-5-3-4-6-8(7)13/h3-6H,2,13H2,1H3,(H2,14,15,16). The van der Waals surface area contributed by atoms with Crippen LogP contribution >= 0.6 is 0 Å². The Morgan fingerprint density at radius 2 is 2.06 bits per heavy atom. The first kappa shape index (κ1) is 12.0. The van der Waals surface area contributed by atoms with Gasteiger partial charge in [-0.1, -0.05) is 18.2 Å². The molecule has 0 aliphatic rings. The fourth-order valence-electron chi connectivity index (χ4n) is 1.68. The predicted octanol–water partition coefficient (Wildman–Crippen LogP) is 1.13. The molecule has 0 aliphatic carbocycles. The summed E-state index contributed by atoms with van der Waals surface area (Å²) in [6.45, 7) is 1.88. The zero-order valence-electron chi connectivity index (χ0n) is 9.82. The van der Waals surface area contributed by atoms with Gasteiger partial charge in [0.25, 0.3) is 5.56 Å². The Morgan fingerprint density at radius 3 is 2.72 bits per heavy atom. The zero-order chi connectivity index (χ0) is 13.1. The van der Waals surface area contributed by atoms with Crippen LogP contribution in [0.2, 0.25) is 0 Å². The van der Waals surface area contributed by atoms with E-state index in [0.717, 1.165) is 0 Å². The van der Waals surface area contributed by atoms with Crippen molar-refractivity contribution in [1.82, 2.24) is 10.2 Å². The van der Waals surface area contributed by atoms with Gasteiger partial charge in [-0.25, -0.2) is 4.79 Å². The minimum absolute atomic E-state index is 0.0604. The van der Waals surface area contributed by atoms with Crippen LogP contribution in [0.3, 0.4) is 0 Å². The van der Waals surface area contributed by atoms with Crippen LogP contribution in [-0.4, -0.2) is 22.8 Å². The molecule has 0 spiro atoms. The Balaban J connectivity index is 2.57. The van der Waals surface area contributed by atoms with Crippen LogP contribution in [0.4, 0.5) is 5.69 Å². The number of rotatable bonds is 3. The molecule has 0 amide bonds. The number of aromatic amines is 2. The van der Waals surface area contributed by atoms with E-state index in [9.17, 15) is 9.59 Å². The number of anilines is 1. The molecule has 4 N–H and O–H groups in total. The summed E-state index contributed by atoms with van der Waals surface area (Å²) in [6, 6.07) is 6.95. The van der Waals surface area contributed by atoms with Crippen molar-refractivity contribution in [1.29, 1.82) is 0 Å². The number of nitrogens with one attached hydrogen (secondary N) is 2. The third-order valence-electron chi connectivity index (χ3n) is 2.49. The molecule has 0 saturated heterocycles. The van der Waals surface area contributed by atoms with Gasteiger partial charge in [0, 0.05) is 11.3 Å². The van der Waals surface area contributed by atoms with Gasteiger partial charge in [0.15, 0.2) is 5.56 Å². The normalized spacial score (nSPS) is 10.3. The number of nitrogens with two attached hydrogens (primary N) is 1. The van der Waals surface area contributed by atoms with Crippen LogP contribution in [0.25, 0.3) is 11.3 Å². The molecule has 6 nitrogen and oxygen atoms in total. The van der Waals surface area contributed by atoms with Crippen LogP contribution in [0.15, 0.2) is 29.1 Å². The summed E-state index contributed by atoms with van der Waals surface area (Å²) in [6.07, 6.45) is 0. The monoisotopic (exact) mass is 247 g/mol. The van der Waals surface area contributed by atoms with Crippen molar-refractivity contribution in [2.75, 3.05) is 12.3 Å². The van der Waals surface area contributed by atoms with Gasteiger partial charge in [-0.3, -0.25) is 15.0 Å². The molecule has 0 fully saturated rings. The summed E-state index contributed by atoms with van der Waals surface area (Å²) in [5, 5.41) is 5.02. The molecule has 2 aromatic rings. The molecule has 0 aliphatic heterocycles. The topological polar surface area (TPSA) is 101 Å². The zero-order valence-corrected chi connectivity index (χ0v) is 9.82. The van der Waals surface area contributed by atoms with Gasteiger partial charge in [-0.2, -0.15) is 0 Å². The first-order chi connectivity index (χ1) is 8.65. The van der Waals surface area contributed by atoms with E-state index in [2.05, 4.69) is 10.2 Å². The molecule has 0 saturated carbocycles. The van der Waals surface area contributed by atoms with Crippen molar-refractivity contribution < 1.29 is 9.53 Å². The van der Waals surface area contributed by atoms with Crippen LogP contribution in [0.1, 0.15) is 17.3 Å². The largest absolute Gasteiger partial charge is 0.462 e. The molecule has 1 aromatic carbocycles. The minimum Gasteiger partial charge on any atom is -0.462 e. The van der Waals surface area contributed by atoms with Crippen LogP contribution in [-0.2, 0) is 4.74 Å². The second kappa shape index (κ2) is 4.79. The second-order valence-electron chi connectivity index (χ2n) is 3.64. The van der Waals surface area contributed by atoms with Crippen molar-refractivity contribution in [3.63, 3.8) is 0 Å². The van der Waals surface area contributed by atoms with E-state index >= 15 is 0 Å². The van der Waals surface area contributed by atoms with Crippen molar-refractivity contribution in [3.8, 4) is 11.3 Å². The number of aromatic nitrogens is 2. The first-order valence-corrected chi connectivity index (χ1v) is 5.47. The number of H-pyrrole nitrogens is 2. The maximum atomic E-state index is 11.7. The van der Waals surface area contributed by atoms with Crippen molar-refractivity contribution in [2.24, 2.45) is 0 Å².